The summed E-state index contributed by atoms with van der Waals surface area (Å²) in [6, 6.07) is 2.08. The van der Waals surface area contributed by atoms with E-state index in [1.807, 2.05) is 0 Å². The largest absolute Gasteiger partial charge is 0.313 e. The average Bonchev–Trinajstić information content (AvgIpc) is 2.35. The fourth-order valence-corrected chi connectivity index (χ4v) is 2.72. The van der Waals surface area contributed by atoms with Crippen molar-refractivity contribution in [3.8, 4) is 0 Å². The van der Waals surface area contributed by atoms with Crippen molar-refractivity contribution in [2.45, 2.75) is 77.4 Å². The van der Waals surface area contributed by atoms with Crippen LogP contribution in [0.15, 0.2) is 0 Å². The molecule has 0 aromatic heterocycles. The van der Waals surface area contributed by atoms with Gasteiger partial charge in [-0.3, -0.25) is 4.90 Å². The molecule has 1 saturated carbocycles. The van der Waals surface area contributed by atoms with E-state index in [9.17, 15) is 0 Å². The molecule has 2 nitrogen and oxygen atoms in total. The Morgan fingerprint density at radius 3 is 2.38 bits per heavy atom. The molecule has 0 spiro atoms. The second-order valence-corrected chi connectivity index (χ2v) is 5.44. The third kappa shape index (κ3) is 4.06. The molecule has 0 bridgehead atoms. The zero-order chi connectivity index (χ0) is 12.0. The predicted molar refractivity (Wildman–Crippen MR) is 71.9 cm³/mol. The summed E-state index contributed by atoms with van der Waals surface area (Å²) in [4.78, 5) is 2.60. The summed E-state index contributed by atoms with van der Waals surface area (Å²) >= 11 is 0. The SMILES string of the molecule is CCCNC(C)C(C)N(C)C1CCCCC1. The van der Waals surface area contributed by atoms with Crippen LogP contribution in [-0.4, -0.2) is 36.6 Å². The molecule has 1 aliphatic rings. The van der Waals surface area contributed by atoms with Gasteiger partial charge in [0.2, 0.25) is 0 Å². The van der Waals surface area contributed by atoms with Gasteiger partial charge in [-0.15, -0.1) is 0 Å². The molecule has 1 fully saturated rings. The zero-order valence-corrected chi connectivity index (χ0v) is 11.6. The first-order valence-electron chi connectivity index (χ1n) is 7.12. The predicted octanol–water partition coefficient (Wildman–Crippen LogP) is 3.03. The van der Waals surface area contributed by atoms with Crippen molar-refractivity contribution >= 4 is 0 Å². The summed E-state index contributed by atoms with van der Waals surface area (Å²) in [7, 11) is 2.31. The lowest BCUT2D eigenvalue weighted by atomic mass is 9.93. The highest BCUT2D eigenvalue weighted by molar-refractivity contribution is 4.82. The molecule has 2 heteroatoms. The first kappa shape index (κ1) is 14.0. The first-order chi connectivity index (χ1) is 7.66. The summed E-state index contributed by atoms with van der Waals surface area (Å²) in [5, 5.41) is 3.61. The topological polar surface area (TPSA) is 15.3 Å². The van der Waals surface area contributed by atoms with Crippen LogP contribution in [0.3, 0.4) is 0 Å². The number of nitrogens with one attached hydrogen (secondary N) is 1. The second kappa shape index (κ2) is 7.29. The van der Waals surface area contributed by atoms with Crippen LogP contribution in [0.5, 0.6) is 0 Å². The third-order valence-corrected chi connectivity index (χ3v) is 4.23. The van der Waals surface area contributed by atoms with Gasteiger partial charge in [-0.2, -0.15) is 0 Å². The summed E-state index contributed by atoms with van der Waals surface area (Å²) in [5.41, 5.74) is 0. The minimum atomic E-state index is 0.604. The fraction of sp³-hybridized carbons (Fsp3) is 1.00. The van der Waals surface area contributed by atoms with E-state index < -0.39 is 0 Å². The summed E-state index contributed by atoms with van der Waals surface area (Å²) in [6.45, 7) is 8.06. The van der Waals surface area contributed by atoms with Gasteiger partial charge in [0.25, 0.3) is 0 Å². The molecular weight excluding hydrogens is 196 g/mol. The van der Waals surface area contributed by atoms with Gasteiger partial charge in [-0.25, -0.2) is 0 Å². The van der Waals surface area contributed by atoms with Crippen LogP contribution in [0, 0.1) is 0 Å². The van der Waals surface area contributed by atoms with Crippen molar-refractivity contribution in [3.63, 3.8) is 0 Å². The Morgan fingerprint density at radius 1 is 1.19 bits per heavy atom. The lowest BCUT2D eigenvalue weighted by molar-refractivity contribution is 0.124. The van der Waals surface area contributed by atoms with E-state index in [0.29, 0.717) is 12.1 Å². The standard InChI is InChI=1S/C14H30N2/c1-5-11-15-12(2)13(3)16(4)14-9-7-6-8-10-14/h12-15H,5-11H2,1-4H3. The summed E-state index contributed by atoms with van der Waals surface area (Å²) in [5.74, 6) is 0. The minimum Gasteiger partial charge on any atom is -0.313 e. The molecular formula is C14H30N2. The van der Waals surface area contributed by atoms with Gasteiger partial charge in [-0.1, -0.05) is 26.2 Å². The van der Waals surface area contributed by atoms with Crippen LogP contribution >= 0.6 is 0 Å². The van der Waals surface area contributed by atoms with E-state index in [2.05, 4.69) is 38.0 Å². The smallest absolute Gasteiger partial charge is 0.0218 e. The van der Waals surface area contributed by atoms with Crippen LogP contribution < -0.4 is 5.32 Å². The lowest BCUT2D eigenvalue weighted by Gasteiger charge is -2.38. The molecule has 16 heavy (non-hydrogen) atoms. The maximum Gasteiger partial charge on any atom is 0.0218 e. The van der Waals surface area contributed by atoms with E-state index in [1.165, 1.54) is 38.5 Å². The maximum atomic E-state index is 3.61. The average molecular weight is 226 g/mol. The molecule has 0 aromatic rings. The van der Waals surface area contributed by atoms with Gasteiger partial charge in [0.15, 0.2) is 0 Å². The normalized spacial score (nSPS) is 22.3. The van der Waals surface area contributed by atoms with E-state index in [-0.39, 0.29) is 0 Å². The first-order valence-corrected chi connectivity index (χ1v) is 7.12. The van der Waals surface area contributed by atoms with Gasteiger partial charge < -0.3 is 5.32 Å². The van der Waals surface area contributed by atoms with Crippen LogP contribution in [0.1, 0.15) is 59.3 Å². The molecule has 0 amide bonds. The third-order valence-electron chi connectivity index (χ3n) is 4.23. The number of nitrogens with zero attached hydrogens (tertiary/aromatic N) is 1. The second-order valence-electron chi connectivity index (χ2n) is 5.44. The lowest BCUT2D eigenvalue weighted by Crippen LogP contribution is -2.49. The van der Waals surface area contributed by atoms with Crippen molar-refractivity contribution in [1.82, 2.24) is 10.2 Å². The number of hydrogen-bond donors (Lipinski definition) is 1. The van der Waals surface area contributed by atoms with E-state index >= 15 is 0 Å². The molecule has 0 radical (unpaired) electrons. The molecule has 0 aliphatic heterocycles. The quantitative estimate of drug-likeness (QED) is 0.749. The molecule has 2 unspecified atom stereocenters. The van der Waals surface area contributed by atoms with Crippen LogP contribution in [0.4, 0.5) is 0 Å². The van der Waals surface area contributed by atoms with Gasteiger partial charge in [0.05, 0.1) is 0 Å². The van der Waals surface area contributed by atoms with Gasteiger partial charge >= 0.3 is 0 Å². The molecule has 1 N–H and O–H groups in total. The van der Waals surface area contributed by atoms with E-state index in [1.54, 1.807) is 0 Å². The zero-order valence-electron chi connectivity index (χ0n) is 11.6. The van der Waals surface area contributed by atoms with Gasteiger partial charge in [0.1, 0.15) is 0 Å². The molecule has 96 valence electrons. The summed E-state index contributed by atoms with van der Waals surface area (Å²) in [6.07, 6.45) is 8.34. The molecule has 0 heterocycles. The molecule has 0 aromatic carbocycles. The van der Waals surface area contributed by atoms with Crippen LogP contribution in [0.25, 0.3) is 0 Å². The Morgan fingerprint density at radius 2 is 1.81 bits per heavy atom. The number of rotatable bonds is 6. The van der Waals surface area contributed by atoms with E-state index in [0.717, 1.165) is 12.6 Å². The van der Waals surface area contributed by atoms with Crippen molar-refractivity contribution < 1.29 is 0 Å². The minimum absolute atomic E-state index is 0.604. The number of hydrogen-bond acceptors (Lipinski definition) is 2. The van der Waals surface area contributed by atoms with Crippen molar-refractivity contribution in [3.05, 3.63) is 0 Å². The Bertz CT molecular complexity index is 176. The van der Waals surface area contributed by atoms with Gasteiger partial charge in [0, 0.05) is 18.1 Å². The molecule has 1 rings (SSSR count). The highest BCUT2D eigenvalue weighted by Crippen LogP contribution is 2.23. The Kier molecular flexibility index (Phi) is 6.37. The molecule has 1 aliphatic carbocycles. The molecule has 2 atom stereocenters. The maximum absolute atomic E-state index is 3.61. The Balaban J connectivity index is 2.35. The molecule has 0 saturated heterocycles. The van der Waals surface area contributed by atoms with Crippen molar-refractivity contribution in [2.75, 3.05) is 13.6 Å². The summed E-state index contributed by atoms with van der Waals surface area (Å²) < 4.78 is 0. The highest BCUT2D eigenvalue weighted by Gasteiger charge is 2.24. The monoisotopic (exact) mass is 226 g/mol. The van der Waals surface area contributed by atoms with Crippen molar-refractivity contribution in [1.29, 1.82) is 0 Å². The Hall–Kier alpha value is -0.0800. The fourth-order valence-electron chi connectivity index (χ4n) is 2.72. The van der Waals surface area contributed by atoms with Crippen LogP contribution in [-0.2, 0) is 0 Å². The van der Waals surface area contributed by atoms with E-state index in [4.69, 9.17) is 0 Å². The van der Waals surface area contributed by atoms with Crippen molar-refractivity contribution in [2.24, 2.45) is 0 Å². The Labute approximate surface area is 102 Å². The number of likely N-dealkylation sites (N-methyl/N-ethyl adjacent to an activating group) is 1. The van der Waals surface area contributed by atoms with Crippen LogP contribution in [0.2, 0.25) is 0 Å². The highest BCUT2D eigenvalue weighted by atomic mass is 15.2. The van der Waals surface area contributed by atoms with Gasteiger partial charge in [-0.05, 0) is 46.7 Å².